The number of carbonyl (C=O) groups excluding carboxylic acids is 1. The van der Waals surface area contributed by atoms with Crippen molar-refractivity contribution in [1.29, 1.82) is 0 Å². The van der Waals surface area contributed by atoms with Crippen LogP contribution in [0.15, 0.2) is 48.5 Å². The quantitative estimate of drug-likeness (QED) is 0.842. The second-order valence-electron chi connectivity index (χ2n) is 8.13. The number of benzene rings is 2. The van der Waals surface area contributed by atoms with E-state index < -0.39 is 5.60 Å². The lowest BCUT2D eigenvalue weighted by molar-refractivity contribution is -0.115. The predicted molar refractivity (Wildman–Crippen MR) is 111 cm³/mol. The number of methoxy groups -OCH3 is 2. The molecule has 1 aliphatic carbocycles. The Morgan fingerprint density at radius 3 is 2.52 bits per heavy atom. The third-order valence-corrected chi connectivity index (χ3v) is 6.60. The van der Waals surface area contributed by atoms with E-state index in [0.717, 1.165) is 31.2 Å². The topological polar surface area (TPSA) is 59.0 Å². The predicted octanol–water partition coefficient (Wildman–Crippen LogP) is 4.21. The Kier molecular flexibility index (Phi) is 5.50. The number of piperidine rings is 1. The Morgan fingerprint density at radius 2 is 1.79 bits per heavy atom. The summed E-state index contributed by atoms with van der Waals surface area (Å²) in [6.07, 6.45) is 4.45. The van der Waals surface area contributed by atoms with E-state index in [2.05, 4.69) is 0 Å². The highest BCUT2D eigenvalue weighted by Gasteiger charge is 2.50. The number of likely N-dealkylation sites (tertiary alicyclic amines) is 1. The van der Waals surface area contributed by atoms with Crippen LogP contribution in [0.1, 0.15) is 54.1 Å². The van der Waals surface area contributed by atoms with Gasteiger partial charge in [0.1, 0.15) is 0 Å². The summed E-state index contributed by atoms with van der Waals surface area (Å²) in [5, 5.41) is 11.4. The zero-order chi connectivity index (χ0) is 20.4. The second kappa shape index (κ2) is 8.07. The van der Waals surface area contributed by atoms with Crippen molar-refractivity contribution in [2.45, 2.75) is 43.7 Å². The summed E-state index contributed by atoms with van der Waals surface area (Å²) in [6, 6.07) is 15.0. The van der Waals surface area contributed by atoms with E-state index >= 15 is 0 Å². The maximum absolute atomic E-state index is 13.4. The van der Waals surface area contributed by atoms with Crippen molar-refractivity contribution in [3.63, 3.8) is 0 Å². The van der Waals surface area contributed by atoms with Crippen LogP contribution in [0.2, 0.25) is 0 Å². The largest absolute Gasteiger partial charge is 0.493 e. The Bertz CT molecular complexity index is 868. The number of nitrogens with zero attached hydrogens (tertiary/aromatic N) is 1. The molecule has 4 rings (SSSR count). The van der Waals surface area contributed by atoms with Crippen LogP contribution < -0.4 is 9.47 Å². The van der Waals surface area contributed by atoms with Crippen LogP contribution in [-0.2, 0) is 0 Å². The van der Waals surface area contributed by atoms with E-state index in [-0.39, 0.29) is 17.9 Å². The van der Waals surface area contributed by atoms with Crippen LogP contribution in [0.4, 0.5) is 0 Å². The monoisotopic (exact) mass is 395 g/mol. The maximum Gasteiger partial charge on any atom is 0.254 e. The molecule has 1 saturated carbocycles. The van der Waals surface area contributed by atoms with Gasteiger partial charge in [0.15, 0.2) is 11.5 Å². The van der Waals surface area contributed by atoms with Gasteiger partial charge in [0.25, 0.3) is 5.91 Å². The van der Waals surface area contributed by atoms with Gasteiger partial charge in [-0.3, -0.25) is 4.79 Å². The zero-order valence-corrected chi connectivity index (χ0v) is 17.1. The van der Waals surface area contributed by atoms with E-state index in [4.69, 9.17) is 9.47 Å². The minimum atomic E-state index is -0.719. The van der Waals surface area contributed by atoms with E-state index in [1.165, 1.54) is 0 Å². The van der Waals surface area contributed by atoms with Crippen molar-refractivity contribution in [1.82, 2.24) is 4.90 Å². The fraction of sp³-hybridized carbons (Fsp3) is 0.458. The minimum absolute atomic E-state index is 0.00997. The van der Waals surface area contributed by atoms with E-state index in [1.807, 2.05) is 53.4 Å². The Hall–Kier alpha value is -2.53. The molecule has 0 bridgehead atoms. The highest BCUT2D eigenvalue weighted by atomic mass is 16.5. The van der Waals surface area contributed by atoms with Crippen molar-refractivity contribution in [2.75, 3.05) is 20.8 Å². The van der Waals surface area contributed by atoms with Crippen molar-refractivity contribution in [3.05, 3.63) is 59.7 Å². The average molecular weight is 395 g/mol. The molecule has 1 heterocycles. The summed E-state index contributed by atoms with van der Waals surface area (Å²) in [7, 11) is 3.23. The highest BCUT2D eigenvalue weighted by molar-refractivity contribution is 5.94. The number of amides is 1. The highest BCUT2D eigenvalue weighted by Crippen LogP contribution is 2.50. The van der Waals surface area contributed by atoms with Crippen LogP contribution in [0.5, 0.6) is 11.5 Å². The number of fused-ring (bicyclic) bond motifs is 1. The maximum atomic E-state index is 13.4. The summed E-state index contributed by atoms with van der Waals surface area (Å²) in [5.74, 6) is 1.32. The summed E-state index contributed by atoms with van der Waals surface area (Å²) in [6.45, 7) is 0.541. The van der Waals surface area contributed by atoms with Crippen LogP contribution in [0.3, 0.4) is 0 Å². The first kappa shape index (κ1) is 19.8. The second-order valence-corrected chi connectivity index (χ2v) is 8.13. The van der Waals surface area contributed by atoms with Crippen LogP contribution in [0, 0.1) is 5.92 Å². The third-order valence-electron chi connectivity index (χ3n) is 6.60. The first-order chi connectivity index (χ1) is 14.1. The Labute approximate surface area is 172 Å². The smallest absolute Gasteiger partial charge is 0.254 e. The number of hydrogen-bond donors (Lipinski definition) is 1. The zero-order valence-electron chi connectivity index (χ0n) is 17.1. The molecule has 1 N–H and O–H groups in total. The molecule has 0 spiro atoms. The molecule has 2 aromatic rings. The molecule has 154 valence electrons. The molecule has 2 aliphatic rings. The number of aliphatic hydroxyl groups is 1. The van der Waals surface area contributed by atoms with Crippen LogP contribution in [0.25, 0.3) is 0 Å². The molecule has 0 unspecified atom stereocenters. The van der Waals surface area contributed by atoms with Gasteiger partial charge >= 0.3 is 0 Å². The molecule has 0 radical (unpaired) electrons. The molecule has 1 amide bonds. The van der Waals surface area contributed by atoms with Gasteiger partial charge in [-0.2, -0.15) is 0 Å². The van der Waals surface area contributed by atoms with Gasteiger partial charge in [-0.05, 0) is 49.1 Å². The molecule has 5 nitrogen and oxygen atoms in total. The van der Waals surface area contributed by atoms with Gasteiger partial charge in [0.05, 0.1) is 25.9 Å². The van der Waals surface area contributed by atoms with Gasteiger partial charge in [-0.1, -0.05) is 37.1 Å². The lowest BCUT2D eigenvalue weighted by Crippen LogP contribution is -2.56. The number of hydrogen-bond acceptors (Lipinski definition) is 4. The van der Waals surface area contributed by atoms with Crippen molar-refractivity contribution < 1.29 is 19.4 Å². The first-order valence-electron chi connectivity index (χ1n) is 10.4. The lowest BCUT2D eigenvalue weighted by atomic mass is 9.66. The molecule has 5 heteroatoms. The van der Waals surface area contributed by atoms with Crippen molar-refractivity contribution in [2.24, 2.45) is 5.92 Å². The summed E-state index contributed by atoms with van der Waals surface area (Å²) < 4.78 is 10.9. The van der Waals surface area contributed by atoms with Crippen molar-refractivity contribution in [3.8, 4) is 11.5 Å². The SMILES string of the molecule is COc1ccc([C@@H]2[C@@H]3CCCC[C@@]3(O)CCN2C(=O)c2ccccc2)cc1OC. The van der Waals surface area contributed by atoms with E-state index in [1.54, 1.807) is 14.2 Å². The molecule has 1 saturated heterocycles. The number of ether oxygens (including phenoxy) is 2. The lowest BCUT2D eigenvalue weighted by Gasteiger charge is -2.52. The molecular formula is C24H29NO4. The standard InChI is InChI=1S/C24H29NO4/c1-28-20-12-11-18(16-21(20)29-2)22-19-10-6-7-13-24(19,27)14-15-25(22)23(26)17-8-4-3-5-9-17/h3-5,8-9,11-12,16,19,22,27H,6-7,10,13-15H2,1-2H3/t19-,22+,24+/m0/s1. The number of rotatable bonds is 4. The third kappa shape index (κ3) is 3.60. The normalized spacial score (nSPS) is 26.5. The molecule has 29 heavy (non-hydrogen) atoms. The van der Waals surface area contributed by atoms with Gasteiger partial charge < -0.3 is 19.5 Å². The molecule has 2 fully saturated rings. The summed E-state index contributed by atoms with van der Waals surface area (Å²) in [5.41, 5.74) is 0.944. The summed E-state index contributed by atoms with van der Waals surface area (Å²) in [4.78, 5) is 15.4. The van der Waals surface area contributed by atoms with E-state index in [0.29, 0.717) is 30.0 Å². The Balaban J connectivity index is 1.77. The average Bonchev–Trinajstić information content (AvgIpc) is 2.77. The molecule has 0 aromatic heterocycles. The number of carbonyl (C=O) groups is 1. The van der Waals surface area contributed by atoms with Crippen LogP contribution >= 0.6 is 0 Å². The fourth-order valence-corrected chi connectivity index (χ4v) is 5.11. The van der Waals surface area contributed by atoms with E-state index in [9.17, 15) is 9.90 Å². The van der Waals surface area contributed by atoms with Gasteiger partial charge in [-0.15, -0.1) is 0 Å². The molecule has 3 atom stereocenters. The minimum Gasteiger partial charge on any atom is -0.493 e. The van der Waals surface area contributed by atoms with Crippen molar-refractivity contribution >= 4 is 5.91 Å². The first-order valence-corrected chi connectivity index (χ1v) is 10.4. The molecular weight excluding hydrogens is 366 g/mol. The molecule has 1 aliphatic heterocycles. The summed E-state index contributed by atoms with van der Waals surface area (Å²) >= 11 is 0. The van der Waals surface area contributed by atoms with Gasteiger partial charge in [0.2, 0.25) is 0 Å². The Morgan fingerprint density at radius 1 is 1.03 bits per heavy atom. The molecule has 2 aromatic carbocycles. The fourth-order valence-electron chi connectivity index (χ4n) is 5.11. The van der Waals surface area contributed by atoms with Crippen LogP contribution in [-0.4, -0.2) is 42.3 Å². The van der Waals surface area contributed by atoms with Gasteiger partial charge in [-0.25, -0.2) is 0 Å². The van der Waals surface area contributed by atoms with Gasteiger partial charge in [0, 0.05) is 18.0 Å².